The highest BCUT2D eigenvalue weighted by Gasteiger charge is 2.09. The van der Waals surface area contributed by atoms with E-state index in [9.17, 15) is 0 Å². The maximum absolute atomic E-state index is 5.98. The summed E-state index contributed by atoms with van der Waals surface area (Å²) in [6.07, 6.45) is 5.62. The summed E-state index contributed by atoms with van der Waals surface area (Å²) in [5.74, 6) is 1.69. The molecule has 0 aliphatic heterocycles. The van der Waals surface area contributed by atoms with Crippen LogP contribution in [0.3, 0.4) is 0 Å². The van der Waals surface area contributed by atoms with Crippen LogP contribution in [0.2, 0.25) is 0 Å². The lowest BCUT2D eigenvalue weighted by molar-refractivity contribution is 0.460. The monoisotopic (exact) mass is 344 g/mol. The Bertz CT molecular complexity index is 1000. The highest BCUT2D eigenvalue weighted by atomic mass is 16.5. The molecular formula is C19H16N6O. The van der Waals surface area contributed by atoms with E-state index in [2.05, 4.69) is 25.0 Å². The Morgan fingerprint density at radius 2 is 2.00 bits per heavy atom. The quantitative estimate of drug-likeness (QED) is 0.551. The first-order chi connectivity index (χ1) is 12.8. The van der Waals surface area contributed by atoms with E-state index in [0.717, 1.165) is 17.8 Å². The second-order valence-electron chi connectivity index (χ2n) is 5.53. The Labute approximate surface area is 150 Å². The normalized spacial score (nSPS) is 10.7. The molecule has 26 heavy (non-hydrogen) atoms. The van der Waals surface area contributed by atoms with Crippen LogP contribution in [0.1, 0.15) is 12.6 Å². The van der Waals surface area contributed by atoms with Crippen LogP contribution in [0.4, 0.5) is 0 Å². The van der Waals surface area contributed by atoms with Gasteiger partial charge in [-0.15, -0.1) is 0 Å². The first-order valence-electron chi connectivity index (χ1n) is 8.24. The van der Waals surface area contributed by atoms with E-state index in [1.54, 1.807) is 17.2 Å². The zero-order chi connectivity index (χ0) is 17.8. The van der Waals surface area contributed by atoms with Crippen LogP contribution >= 0.6 is 0 Å². The molecule has 0 N–H and O–H groups in total. The summed E-state index contributed by atoms with van der Waals surface area (Å²) in [6.45, 7) is 2.04. The molecule has 3 heterocycles. The lowest BCUT2D eigenvalue weighted by atomic mass is 10.3. The van der Waals surface area contributed by atoms with E-state index in [4.69, 9.17) is 4.74 Å². The van der Waals surface area contributed by atoms with E-state index >= 15 is 0 Å². The Morgan fingerprint density at radius 3 is 2.77 bits per heavy atom. The van der Waals surface area contributed by atoms with Gasteiger partial charge in [-0.2, -0.15) is 10.1 Å². The van der Waals surface area contributed by atoms with Crippen LogP contribution in [0.25, 0.3) is 17.2 Å². The van der Waals surface area contributed by atoms with Crippen molar-refractivity contribution in [2.75, 3.05) is 0 Å². The van der Waals surface area contributed by atoms with Gasteiger partial charge < -0.3 is 4.74 Å². The number of rotatable bonds is 5. The Hall–Kier alpha value is -3.61. The number of ether oxygens (including phenoxy) is 1. The average Bonchev–Trinajstić information content (AvgIpc) is 3.23. The molecular weight excluding hydrogens is 328 g/mol. The van der Waals surface area contributed by atoms with Crippen molar-refractivity contribution in [2.45, 2.75) is 13.3 Å². The number of benzene rings is 1. The number of pyridine rings is 1. The van der Waals surface area contributed by atoms with Gasteiger partial charge in [-0.25, -0.2) is 14.6 Å². The molecule has 0 spiro atoms. The molecule has 0 bridgehead atoms. The van der Waals surface area contributed by atoms with Crippen molar-refractivity contribution in [3.05, 3.63) is 73.1 Å². The second kappa shape index (κ2) is 7.10. The topological polar surface area (TPSA) is 78.6 Å². The fourth-order valence-electron chi connectivity index (χ4n) is 2.47. The van der Waals surface area contributed by atoms with Crippen molar-refractivity contribution < 1.29 is 4.74 Å². The number of nitrogens with zero attached hydrogens (tertiary/aromatic N) is 6. The molecule has 7 nitrogen and oxygen atoms in total. The summed E-state index contributed by atoms with van der Waals surface area (Å²) >= 11 is 0. The fourth-order valence-corrected chi connectivity index (χ4v) is 2.47. The van der Waals surface area contributed by atoms with Crippen LogP contribution in [-0.2, 0) is 6.42 Å². The Balaban J connectivity index is 1.67. The molecule has 0 aliphatic carbocycles. The average molecular weight is 344 g/mol. The predicted octanol–water partition coefficient (Wildman–Crippen LogP) is 3.47. The second-order valence-corrected chi connectivity index (χ2v) is 5.53. The largest absolute Gasteiger partial charge is 0.439 e. The molecule has 0 saturated carbocycles. The zero-order valence-electron chi connectivity index (χ0n) is 14.1. The minimum Gasteiger partial charge on any atom is -0.439 e. The van der Waals surface area contributed by atoms with Gasteiger partial charge in [0.15, 0.2) is 5.82 Å². The van der Waals surface area contributed by atoms with Crippen molar-refractivity contribution >= 4 is 0 Å². The van der Waals surface area contributed by atoms with E-state index in [1.807, 2.05) is 55.5 Å². The van der Waals surface area contributed by atoms with Gasteiger partial charge >= 0.3 is 0 Å². The van der Waals surface area contributed by atoms with Gasteiger partial charge in [-0.3, -0.25) is 4.98 Å². The molecule has 0 aliphatic rings. The molecule has 4 aromatic rings. The molecule has 4 rings (SSSR count). The van der Waals surface area contributed by atoms with Gasteiger partial charge in [-0.05, 0) is 30.7 Å². The maximum atomic E-state index is 5.98. The van der Waals surface area contributed by atoms with Crippen molar-refractivity contribution in [1.29, 1.82) is 0 Å². The number of aryl methyl sites for hydroxylation is 1. The lowest BCUT2D eigenvalue weighted by Crippen LogP contribution is -1.99. The van der Waals surface area contributed by atoms with Crippen LogP contribution in [-0.4, -0.2) is 29.7 Å². The van der Waals surface area contributed by atoms with Crippen molar-refractivity contribution in [2.24, 2.45) is 0 Å². The van der Waals surface area contributed by atoms with E-state index in [1.165, 1.54) is 6.33 Å². The molecule has 7 heteroatoms. The minimum absolute atomic E-state index is 0.480. The summed E-state index contributed by atoms with van der Waals surface area (Å²) in [4.78, 5) is 17.3. The van der Waals surface area contributed by atoms with Crippen LogP contribution < -0.4 is 4.74 Å². The smallest absolute Gasteiger partial charge is 0.223 e. The highest BCUT2D eigenvalue weighted by molar-refractivity contribution is 5.50. The summed E-state index contributed by atoms with van der Waals surface area (Å²) in [6, 6.07) is 15.1. The van der Waals surface area contributed by atoms with Gasteiger partial charge in [-0.1, -0.05) is 19.1 Å². The van der Waals surface area contributed by atoms with Gasteiger partial charge in [0.05, 0.1) is 5.69 Å². The lowest BCUT2D eigenvalue weighted by Gasteiger charge is -2.09. The third-order valence-electron chi connectivity index (χ3n) is 3.74. The van der Waals surface area contributed by atoms with Gasteiger partial charge in [0.1, 0.15) is 24.1 Å². The van der Waals surface area contributed by atoms with Crippen molar-refractivity contribution in [1.82, 2.24) is 29.7 Å². The van der Waals surface area contributed by atoms with Crippen LogP contribution in [0.15, 0.2) is 67.4 Å². The molecule has 0 radical (unpaired) electrons. The SMILES string of the molecule is CCc1cc(Oc2cccc(-n3cncn3)c2)nc(-c2ccccn2)n1. The van der Waals surface area contributed by atoms with Gasteiger partial charge in [0.25, 0.3) is 0 Å². The van der Waals surface area contributed by atoms with Crippen molar-refractivity contribution in [3.63, 3.8) is 0 Å². The van der Waals surface area contributed by atoms with Gasteiger partial charge in [0, 0.05) is 24.0 Å². The standard InChI is InChI=1S/C19H16N6O/c1-2-14-10-18(24-19(23-14)17-8-3-4-9-21-17)26-16-7-5-6-15(11-16)25-13-20-12-22-25/h3-13H,2H2,1H3. The molecule has 0 unspecified atom stereocenters. The van der Waals surface area contributed by atoms with E-state index < -0.39 is 0 Å². The first kappa shape index (κ1) is 15.9. The van der Waals surface area contributed by atoms with E-state index in [-0.39, 0.29) is 0 Å². The number of hydrogen-bond acceptors (Lipinski definition) is 6. The molecule has 1 aromatic carbocycles. The first-order valence-corrected chi connectivity index (χ1v) is 8.24. The summed E-state index contributed by atoms with van der Waals surface area (Å²) in [7, 11) is 0. The molecule has 3 aromatic heterocycles. The molecule has 0 fully saturated rings. The molecule has 128 valence electrons. The van der Waals surface area contributed by atoms with Crippen LogP contribution in [0, 0.1) is 0 Å². The summed E-state index contributed by atoms with van der Waals surface area (Å²) < 4.78 is 7.65. The molecule has 0 amide bonds. The summed E-state index contributed by atoms with van der Waals surface area (Å²) in [5, 5.41) is 4.13. The van der Waals surface area contributed by atoms with Crippen LogP contribution in [0.5, 0.6) is 11.6 Å². The van der Waals surface area contributed by atoms with Gasteiger partial charge in [0.2, 0.25) is 5.88 Å². The summed E-state index contributed by atoms with van der Waals surface area (Å²) in [5.41, 5.74) is 2.46. The third kappa shape index (κ3) is 3.41. The number of aromatic nitrogens is 6. The number of hydrogen-bond donors (Lipinski definition) is 0. The Morgan fingerprint density at radius 1 is 1.04 bits per heavy atom. The van der Waals surface area contributed by atoms with E-state index in [0.29, 0.717) is 23.1 Å². The molecule has 0 atom stereocenters. The molecule has 0 saturated heterocycles. The van der Waals surface area contributed by atoms with Crippen molar-refractivity contribution in [3.8, 4) is 28.8 Å². The minimum atomic E-state index is 0.480. The Kier molecular flexibility index (Phi) is 4.34. The predicted molar refractivity (Wildman–Crippen MR) is 96.1 cm³/mol. The zero-order valence-corrected chi connectivity index (χ0v) is 14.1. The third-order valence-corrected chi connectivity index (χ3v) is 3.74. The highest BCUT2D eigenvalue weighted by Crippen LogP contribution is 2.24. The maximum Gasteiger partial charge on any atom is 0.223 e. The fraction of sp³-hybridized carbons (Fsp3) is 0.105.